The van der Waals surface area contributed by atoms with Crippen molar-refractivity contribution in [2.24, 2.45) is 7.05 Å². The van der Waals surface area contributed by atoms with Crippen LogP contribution < -0.4 is 5.69 Å². The molecule has 4 nitrogen and oxygen atoms in total. The molecule has 1 saturated carbocycles. The molecule has 0 bridgehead atoms. The summed E-state index contributed by atoms with van der Waals surface area (Å²) in [7, 11) is 1.83. The number of nitrogens with zero attached hydrogens (tertiary/aromatic N) is 1. The molecule has 1 saturated heterocycles. The molecule has 0 radical (unpaired) electrons. The van der Waals surface area contributed by atoms with E-state index in [9.17, 15) is 4.79 Å². The Balaban J connectivity index is 1.86. The van der Waals surface area contributed by atoms with Crippen molar-refractivity contribution >= 4 is 11.0 Å². The van der Waals surface area contributed by atoms with Gasteiger partial charge in [0.05, 0.1) is 23.2 Å². The van der Waals surface area contributed by atoms with Crippen molar-refractivity contribution in [2.75, 3.05) is 6.61 Å². The topological polar surface area (TPSA) is 50.3 Å². The first kappa shape index (κ1) is 9.48. The molecule has 4 heteroatoms. The van der Waals surface area contributed by atoms with Gasteiger partial charge < -0.3 is 9.72 Å². The van der Waals surface area contributed by atoms with Gasteiger partial charge in [-0.1, -0.05) is 12.1 Å². The van der Waals surface area contributed by atoms with Gasteiger partial charge in [-0.2, -0.15) is 0 Å². The highest BCUT2D eigenvalue weighted by Gasteiger charge is 2.55. The van der Waals surface area contributed by atoms with Crippen LogP contribution in [0.2, 0.25) is 0 Å². The number of aromatic amines is 1. The number of hydrogen-bond donors (Lipinski definition) is 1. The minimum absolute atomic E-state index is 0.0378. The quantitative estimate of drug-likeness (QED) is 0.755. The van der Waals surface area contributed by atoms with Crippen molar-refractivity contribution in [3.05, 3.63) is 34.2 Å². The Kier molecular flexibility index (Phi) is 1.57. The molecule has 1 aliphatic heterocycles. The third-order valence-corrected chi connectivity index (χ3v) is 4.18. The zero-order chi connectivity index (χ0) is 11.6. The van der Waals surface area contributed by atoms with E-state index in [2.05, 4.69) is 11.1 Å². The summed E-state index contributed by atoms with van der Waals surface area (Å²) in [5, 5.41) is 0. The lowest BCUT2D eigenvalue weighted by Gasteiger charge is -2.33. The van der Waals surface area contributed by atoms with Gasteiger partial charge in [0.15, 0.2) is 0 Å². The summed E-state index contributed by atoms with van der Waals surface area (Å²) in [6.45, 7) is 0.922. The van der Waals surface area contributed by atoms with Gasteiger partial charge >= 0.3 is 5.69 Å². The number of epoxide rings is 1. The molecule has 2 heterocycles. The van der Waals surface area contributed by atoms with Crippen molar-refractivity contribution in [1.29, 1.82) is 0 Å². The van der Waals surface area contributed by atoms with Gasteiger partial charge in [-0.3, -0.25) is 4.57 Å². The molecule has 1 N–H and O–H groups in total. The Morgan fingerprint density at radius 1 is 1.47 bits per heavy atom. The molecule has 1 aliphatic carbocycles. The number of fused-ring (bicyclic) bond motifs is 1. The van der Waals surface area contributed by atoms with Crippen molar-refractivity contribution in [2.45, 2.75) is 24.4 Å². The standard InChI is InChI=1S/C13H14N2O2/c1-15-11-9(8-5-13(6-8)7-17-13)3-2-4-10(11)14-12(15)16/h2-4,8H,5-7H2,1H3,(H,14,16). The summed E-state index contributed by atoms with van der Waals surface area (Å²) in [4.78, 5) is 14.5. The van der Waals surface area contributed by atoms with E-state index in [0.29, 0.717) is 5.92 Å². The van der Waals surface area contributed by atoms with E-state index < -0.39 is 0 Å². The highest BCUT2D eigenvalue weighted by molar-refractivity contribution is 5.79. The van der Waals surface area contributed by atoms with Gasteiger partial charge in [0, 0.05) is 7.05 Å². The normalized spacial score (nSPS) is 30.8. The van der Waals surface area contributed by atoms with E-state index in [4.69, 9.17) is 4.74 Å². The Morgan fingerprint density at radius 3 is 2.94 bits per heavy atom. The fraction of sp³-hybridized carbons (Fsp3) is 0.462. The molecule has 17 heavy (non-hydrogen) atoms. The van der Waals surface area contributed by atoms with E-state index in [0.717, 1.165) is 30.5 Å². The van der Waals surface area contributed by atoms with E-state index in [1.807, 2.05) is 19.2 Å². The van der Waals surface area contributed by atoms with Crippen LogP contribution in [0.1, 0.15) is 24.3 Å². The van der Waals surface area contributed by atoms with Crippen LogP contribution in [0, 0.1) is 0 Å². The average Bonchev–Trinajstić information content (AvgIpc) is 3.01. The number of H-pyrrole nitrogens is 1. The molecule has 0 unspecified atom stereocenters. The predicted octanol–water partition coefficient (Wildman–Crippen LogP) is 1.51. The van der Waals surface area contributed by atoms with Crippen molar-refractivity contribution in [1.82, 2.24) is 9.55 Å². The number of benzene rings is 1. The van der Waals surface area contributed by atoms with Gasteiger partial charge in [0.25, 0.3) is 0 Å². The highest BCUT2D eigenvalue weighted by atomic mass is 16.6. The fourth-order valence-corrected chi connectivity index (χ4v) is 3.06. The van der Waals surface area contributed by atoms with Crippen LogP contribution in [0.5, 0.6) is 0 Å². The van der Waals surface area contributed by atoms with E-state index >= 15 is 0 Å². The van der Waals surface area contributed by atoms with Crippen LogP contribution >= 0.6 is 0 Å². The second-order valence-electron chi connectivity index (χ2n) is 5.31. The van der Waals surface area contributed by atoms with Crippen LogP contribution in [0.3, 0.4) is 0 Å². The smallest absolute Gasteiger partial charge is 0.326 e. The Labute approximate surface area is 98.2 Å². The zero-order valence-electron chi connectivity index (χ0n) is 9.69. The number of aromatic nitrogens is 2. The molecule has 1 spiro atoms. The predicted molar refractivity (Wildman–Crippen MR) is 64.2 cm³/mol. The molecule has 0 amide bonds. The average molecular weight is 230 g/mol. The van der Waals surface area contributed by atoms with Crippen molar-refractivity contribution in [3.63, 3.8) is 0 Å². The molecule has 4 rings (SSSR count). The van der Waals surface area contributed by atoms with Crippen LogP contribution in [0.15, 0.2) is 23.0 Å². The minimum Gasteiger partial charge on any atom is -0.370 e. The van der Waals surface area contributed by atoms with Gasteiger partial charge in [0.2, 0.25) is 0 Å². The maximum absolute atomic E-state index is 11.6. The number of ether oxygens (including phenoxy) is 1. The summed E-state index contributed by atoms with van der Waals surface area (Å²) in [5.41, 5.74) is 3.45. The summed E-state index contributed by atoms with van der Waals surface area (Å²) in [6.07, 6.45) is 2.21. The second-order valence-corrected chi connectivity index (χ2v) is 5.31. The maximum atomic E-state index is 11.6. The van der Waals surface area contributed by atoms with Gasteiger partial charge in [-0.25, -0.2) is 4.79 Å². The molecule has 2 aliphatic rings. The summed E-state index contributed by atoms with van der Waals surface area (Å²) in [5.74, 6) is 0.544. The molecule has 0 atom stereocenters. The number of para-hydroxylation sites is 1. The first-order valence-corrected chi connectivity index (χ1v) is 6.00. The van der Waals surface area contributed by atoms with Crippen LogP contribution in [-0.2, 0) is 11.8 Å². The number of nitrogens with one attached hydrogen (secondary N) is 1. The lowest BCUT2D eigenvalue weighted by atomic mass is 9.71. The number of rotatable bonds is 1. The highest BCUT2D eigenvalue weighted by Crippen LogP contribution is 2.55. The molecular weight excluding hydrogens is 216 g/mol. The lowest BCUT2D eigenvalue weighted by Crippen LogP contribution is -2.30. The Bertz CT molecular complexity index is 656. The molecule has 1 aromatic heterocycles. The third-order valence-electron chi connectivity index (χ3n) is 4.18. The molecule has 1 aromatic carbocycles. The van der Waals surface area contributed by atoms with Crippen LogP contribution in [-0.4, -0.2) is 21.8 Å². The van der Waals surface area contributed by atoms with E-state index in [1.54, 1.807) is 4.57 Å². The SMILES string of the molecule is Cn1c(=O)[nH]c2cccc(C3CC4(CO4)C3)c21. The monoisotopic (exact) mass is 230 g/mol. The van der Waals surface area contributed by atoms with Crippen molar-refractivity contribution in [3.8, 4) is 0 Å². The Morgan fingerprint density at radius 2 is 2.24 bits per heavy atom. The first-order chi connectivity index (χ1) is 8.19. The summed E-state index contributed by atoms with van der Waals surface area (Å²) < 4.78 is 7.17. The van der Waals surface area contributed by atoms with Gasteiger partial charge in [0.1, 0.15) is 0 Å². The molecule has 88 valence electrons. The second kappa shape index (κ2) is 2.82. The summed E-state index contributed by atoms with van der Waals surface area (Å²) in [6, 6.07) is 6.12. The Hall–Kier alpha value is -1.55. The van der Waals surface area contributed by atoms with Gasteiger partial charge in [-0.15, -0.1) is 0 Å². The largest absolute Gasteiger partial charge is 0.370 e. The van der Waals surface area contributed by atoms with E-state index in [-0.39, 0.29) is 11.3 Å². The first-order valence-electron chi connectivity index (χ1n) is 6.00. The number of aryl methyl sites for hydroxylation is 1. The molecule has 2 fully saturated rings. The number of imidazole rings is 1. The zero-order valence-corrected chi connectivity index (χ0v) is 9.69. The fourth-order valence-electron chi connectivity index (χ4n) is 3.06. The molecule has 2 aromatic rings. The van der Waals surface area contributed by atoms with Crippen molar-refractivity contribution < 1.29 is 4.74 Å². The van der Waals surface area contributed by atoms with Crippen LogP contribution in [0.25, 0.3) is 11.0 Å². The molecular formula is C13H14N2O2. The summed E-state index contributed by atoms with van der Waals surface area (Å²) >= 11 is 0. The van der Waals surface area contributed by atoms with Crippen LogP contribution in [0.4, 0.5) is 0 Å². The lowest BCUT2D eigenvalue weighted by molar-refractivity contribution is 0.171. The maximum Gasteiger partial charge on any atom is 0.326 e. The minimum atomic E-state index is -0.0378. The van der Waals surface area contributed by atoms with E-state index in [1.165, 1.54) is 5.56 Å². The third kappa shape index (κ3) is 1.19. The number of hydrogen-bond acceptors (Lipinski definition) is 2. The van der Waals surface area contributed by atoms with Gasteiger partial charge in [-0.05, 0) is 30.4 Å².